The van der Waals surface area contributed by atoms with E-state index in [0.29, 0.717) is 11.4 Å². The van der Waals surface area contributed by atoms with Crippen molar-refractivity contribution in [1.29, 1.82) is 0 Å². The van der Waals surface area contributed by atoms with E-state index in [1.165, 1.54) is 12.1 Å². The molecule has 192 valence electrons. The van der Waals surface area contributed by atoms with Crippen molar-refractivity contribution in [3.05, 3.63) is 66.0 Å². The standard InChI is InChI=1S/C26H32N4O5S/c1-16(2)23(25(32)33)29-36(34,35)21-13-9-19(10-14-21)18-7-11-20(12-8-18)27-24(31)22-15-17(3)28-30(22)26(4,5)6/h7-16,23,29H,1-6H3,(H,27,31)(H,32,33)/t23-/m0/s1. The second kappa shape index (κ2) is 10.2. The molecule has 1 aromatic heterocycles. The number of hydrogen-bond acceptors (Lipinski definition) is 5. The van der Waals surface area contributed by atoms with E-state index in [1.54, 1.807) is 48.9 Å². The Kier molecular flexibility index (Phi) is 7.70. The zero-order valence-corrected chi connectivity index (χ0v) is 22.1. The summed E-state index contributed by atoms with van der Waals surface area (Å²) in [4.78, 5) is 24.2. The van der Waals surface area contributed by atoms with Crippen molar-refractivity contribution in [3.63, 3.8) is 0 Å². The number of aryl methyl sites for hydroxylation is 1. The molecule has 0 aliphatic rings. The molecule has 0 aliphatic heterocycles. The van der Waals surface area contributed by atoms with Gasteiger partial charge in [-0.1, -0.05) is 38.1 Å². The van der Waals surface area contributed by atoms with Crippen LogP contribution in [0.15, 0.2) is 59.5 Å². The SMILES string of the molecule is Cc1cc(C(=O)Nc2ccc(-c3ccc(S(=O)(=O)N[C@H](C(=O)O)C(C)C)cc3)cc2)n(C(C)(C)C)n1. The molecular weight excluding hydrogens is 480 g/mol. The number of nitrogens with one attached hydrogen (secondary N) is 2. The number of carbonyl (C=O) groups is 2. The van der Waals surface area contributed by atoms with Crippen LogP contribution in [0.1, 0.15) is 50.8 Å². The quantitative estimate of drug-likeness (QED) is 0.414. The second-order valence-corrected chi connectivity index (χ2v) is 11.7. The molecule has 2 aromatic carbocycles. The van der Waals surface area contributed by atoms with Gasteiger partial charge in [0.1, 0.15) is 11.7 Å². The molecular formula is C26H32N4O5S. The van der Waals surface area contributed by atoms with E-state index in [9.17, 15) is 23.1 Å². The van der Waals surface area contributed by atoms with Crippen LogP contribution in [0.4, 0.5) is 5.69 Å². The lowest BCUT2D eigenvalue weighted by atomic mass is 10.1. The number of rotatable bonds is 8. The second-order valence-electron chi connectivity index (χ2n) is 9.99. The van der Waals surface area contributed by atoms with E-state index in [1.807, 2.05) is 39.8 Å². The van der Waals surface area contributed by atoms with Crippen LogP contribution in [0, 0.1) is 12.8 Å². The fraction of sp³-hybridized carbons (Fsp3) is 0.346. The highest BCUT2D eigenvalue weighted by Crippen LogP contribution is 2.24. The highest BCUT2D eigenvalue weighted by Gasteiger charge is 2.28. The number of nitrogens with zero attached hydrogens (tertiary/aromatic N) is 2. The molecule has 1 atom stereocenters. The lowest BCUT2D eigenvalue weighted by Gasteiger charge is -2.22. The predicted octanol–water partition coefficient (Wildman–Crippen LogP) is 4.25. The highest BCUT2D eigenvalue weighted by molar-refractivity contribution is 7.89. The summed E-state index contributed by atoms with van der Waals surface area (Å²) in [5.74, 6) is -1.90. The van der Waals surface area contributed by atoms with Gasteiger partial charge in [0, 0.05) is 5.69 Å². The first kappa shape index (κ1) is 27.1. The van der Waals surface area contributed by atoms with Crippen LogP contribution >= 0.6 is 0 Å². The van der Waals surface area contributed by atoms with Gasteiger partial charge in [0.2, 0.25) is 10.0 Å². The molecule has 10 heteroatoms. The number of carboxylic acid groups (broad SMARTS) is 1. The minimum atomic E-state index is -3.99. The van der Waals surface area contributed by atoms with E-state index in [0.717, 1.165) is 16.8 Å². The van der Waals surface area contributed by atoms with Gasteiger partial charge < -0.3 is 10.4 Å². The fourth-order valence-corrected chi connectivity index (χ4v) is 4.98. The van der Waals surface area contributed by atoms with E-state index >= 15 is 0 Å². The van der Waals surface area contributed by atoms with Crippen LogP contribution < -0.4 is 10.0 Å². The van der Waals surface area contributed by atoms with Crippen LogP contribution in [-0.4, -0.2) is 41.2 Å². The largest absolute Gasteiger partial charge is 0.480 e. The maximum absolute atomic E-state index is 12.9. The monoisotopic (exact) mass is 512 g/mol. The van der Waals surface area contributed by atoms with Gasteiger partial charge in [-0.2, -0.15) is 9.82 Å². The summed E-state index contributed by atoms with van der Waals surface area (Å²) in [6.45, 7) is 11.0. The lowest BCUT2D eigenvalue weighted by Crippen LogP contribution is -2.44. The molecule has 9 nitrogen and oxygen atoms in total. The molecule has 0 spiro atoms. The smallest absolute Gasteiger partial charge is 0.322 e. The van der Waals surface area contributed by atoms with Crippen LogP contribution in [0.25, 0.3) is 11.1 Å². The summed E-state index contributed by atoms with van der Waals surface area (Å²) in [6.07, 6.45) is 0. The van der Waals surface area contributed by atoms with Gasteiger partial charge >= 0.3 is 5.97 Å². The Morgan fingerprint density at radius 3 is 1.97 bits per heavy atom. The molecule has 0 bridgehead atoms. The van der Waals surface area contributed by atoms with Crippen molar-refractivity contribution < 1.29 is 23.1 Å². The summed E-state index contributed by atoms with van der Waals surface area (Å²) >= 11 is 0. The first-order valence-corrected chi connectivity index (χ1v) is 13.0. The maximum atomic E-state index is 12.9. The third-order valence-corrected chi connectivity index (χ3v) is 7.01. The van der Waals surface area contributed by atoms with Crippen LogP contribution in [0.3, 0.4) is 0 Å². The molecule has 0 unspecified atom stereocenters. The zero-order valence-electron chi connectivity index (χ0n) is 21.2. The van der Waals surface area contributed by atoms with Gasteiger partial charge in [-0.25, -0.2) is 8.42 Å². The van der Waals surface area contributed by atoms with Gasteiger partial charge in [0.05, 0.1) is 16.1 Å². The van der Waals surface area contributed by atoms with Gasteiger partial charge in [-0.15, -0.1) is 0 Å². The molecule has 36 heavy (non-hydrogen) atoms. The molecule has 3 N–H and O–H groups in total. The molecule has 1 heterocycles. The Morgan fingerprint density at radius 2 is 1.50 bits per heavy atom. The van der Waals surface area contributed by atoms with Gasteiger partial charge in [-0.3, -0.25) is 14.3 Å². The van der Waals surface area contributed by atoms with Crippen molar-refractivity contribution in [1.82, 2.24) is 14.5 Å². The third-order valence-electron chi connectivity index (χ3n) is 5.56. The van der Waals surface area contributed by atoms with Crippen molar-refractivity contribution in [2.75, 3.05) is 5.32 Å². The average molecular weight is 513 g/mol. The highest BCUT2D eigenvalue weighted by atomic mass is 32.2. The molecule has 3 rings (SSSR count). The van der Waals surface area contributed by atoms with Gasteiger partial charge in [-0.05, 0) is 75.1 Å². The molecule has 0 saturated carbocycles. The number of sulfonamides is 1. The first-order valence-electron chi connectivity index (χ1n) is 11.5. The molecule has 1 amide bonds. The third kappa shape index (κ3) is 6.19. The Hall–Kier alpha value is -3.50. The van der Waals surface area contributed by atoms with E-state index < -0.39 is 28.0 Å². The number of carbonyl (C=O) groups excluding carboxylic acids is 1. The van der Waals surface area contributed by atoms with E-state index in [-0.39, 0.29) is 16.3 Å². The molecule has 0 radical (unpaired) electrons. The molecule has 0 fully saturated rings. The summed E-state index contributed by atoms with van der Waals surface area (Å²) in [7, 11) is -3.99. The van der Waals surface area contributed by atoms with Crippen LogP contribution in [0.5, 0.6) is 0 Å². The summed E-state index contributed by atoms with van der Waals surface area (Å²) in [5.41, 5.74) is 3.09. The zero-order chi connectivity index (χ0) is 26.8. The number of aromatic nitrogens is 2. The van der Waals surface area contributed by atoms with E-state index in [4.69, 9.17) is 0 Å². The Morgan fingerprint density at radius 1 is 0.972 bits per heavy atom. The molecule has 0 aliphatic carbocycles. The van der Waals surface area contributed by atoms with Crippen molar-refractivity contribution in [2.45, 2.75) is 58.0 Å². The molecule has 0 saturated heterocycles. The number of carboxylic acids is 1. The van der Waals surface area contributed by atoms with E-state index in [2.05, 4.69) is 15.1 Å². The van der Waals surface area contributed by atoms with Crippen molar-refractivity contribution in [3.8, 4) is 11.1 Å². The normalized spacial score (nSPS) is 13.0. The Labute approximate surface area is 211 Å². The minimum absolute atomic E-state index is 0.0206. The molecule has 3 aromatic rings. The summed E-state index contributed by atoms with van der Waals surface area (Å²) in [5, 5.41) is 16.6. The van der Waals surface area contributed by atoms with Crippen LogP contribution in [0.2, 0.25) is 0 Å². The predicted molar refractivity (Wildman–Crippen MR) is 138 cm³/mol. The summed E-state index contributed by atoms with van der Waals surface area (Å²) in [6, 6.07) is 13.9. The lowest BCUT2D eigenvalue weighted by molar-refractivity contribution is -0.140. The number of benzene rings is 2. The van der Waals surface area contributed by atoms with Gasteiger partial charge in [0.15, 0.2) is 0 Å². The summed E-state index contributed by atoms with van der Waals surface area (Å²) < 4.78 is 29.2. The Bertz CT molecular complexity index is 1350. The Balaban J connectivity index is 1.74. The minimum Gasteiger partial charge on any atom is -0.480 e. The maximum Gasteiger partial charge on any atom is 0.322 e. The van der Waals surface area contributed by atoms with Gasteiger partial charge in [0.25, 0.3) is 5.91 Å². The number of hydrogen-bond donors (Lipinski definition) is 3. The first-order chi connectivity index (χ1) is 16.7. The number of aliphatic carboxylic acids is 1. The van der Waals surface area contributed by atoms with Crippen molar-refractivity contribution in [2.24, 2.45) is 5.92 Å². The van der Waals surface area contributed by atoms with Crippen LogP contribution in [-0.2, 0) is 20.4 Å². The fourth-order valence-electron chi connectivity index (χ4n) is 3.65. The number of amides is 1. The average Bonchev–Trinajstić information content (AvgIpc) is 3.20. The topological polar surface area (TPSA) is 130 Å². The van der Waals surface area contributed by atoms with Crippen molar-refractivity contribution >= 4 is 27.6 Å². The number of anilines is 1.